The van der Waals surface area contributed by atoms with Crippen molar-refractivity contribution in [3.63, 3.8) is 0 Å². The first-order valence-corrected chi connectivity index (χ1v) is 6.17. The smallest absolute Gasteiger partial charge is 0.138 e. The Balaban J connectivity index is 2.15. The topological polar surface area (TPSA) is 75.7 Å². The van der Waals surface area contributed by atoms with Crippen LogP contribution in [0.1, 0.15) is 11.1 Å². The average Bonchev–Trinajstić information content (AvgIpc) is 2.38. The average molecular weight is 262 g/mol. The van der Waals surface area contributed by atoms with Gasteiger partial charge in [-0.05, 0) is 11.6 Å². The summed E-state index contributed by atoms with van der Waals surface area (Å²) in [5.74, 6) is -0.286. The van der Waals surface area contributed by atoms with Gasteiger partial charge in [-0.25, -0.2) is 9.37 Å². The fourth-order valence-corrected chi connectivity index (χ4v) is 2.21. The third kappa shape index (κ3) is 2.84. The van der Waals surface area contributed by atoms with Crippen molar-refractivity contribution in [2.75, 3.05) is 0 Å². The number of rotatable bonds is 4. The lowest BCUT2D eigenvalue weighted by Gasteiger charge is -2.06. The SMILES string of the molecule is N=C(N)c1cccc(CSc2cnccn2)c1F. The molecule has 0 aliphatic carbocycles. The molecule has 2 aromatic rings. The molecular formula is C12H11FN4S. The first-order valence-electron chi connectivity index (χ1n) is 5.19. The standard InChI is InChI=1S/C12H11FN4S/c13-11-8(2-1-3-9(11)12(14)15)7-18-10-6-16-4-5-17-10/h1-6H,7H2,(H3,14,15). The summed E-state index contributed by atoms with van der Waals surface area (Å²) in [6.45, 7) is 0. The van der Waals surface area contributed by atoms with E-state index in [0.717, 1.165) is 5.03 Å². The minimum Gasteiger partial charge on any atom is -0.384 e. The number of nitrogens with one attached hydrogen (secondary N) is 1. The van der Waals surface area contributed by atoms with Gasteiger partial charge in [-0.3, -0.25) is 10.4 Å². The largest absolute Gasteiger partial charge is 0.384 e. The van der Waals surface area contributed by atoms with E-state index in [2.05, 4.69) is 9.97 Å². The Kier molecular flexibility index (Phi) is 3.88. The fraction of sp³-hybridized carbons (Fsp3) is 0.0833. The van der Waals surface area contributed by atoms with Gasteiger partial charge in [0.25, 0.3) is 0 Å². The molecule has 0 aliphatic heterocycles. The molecule has 0 atom stereocenters. The molecule has 0 bridgehead atoms. The number of benzene rings is 1. The van der Waals surface area contributed by atoms with Crippen molar-refractivity contribution in [3.8, 4) is 0 Å². The highest BCUT2D eigenvalue weighted by Crippen LogP contribution is 2.22. The molecule has 92 valence electrons. The predicted molar refractivity (Wildman–Crippen MR) is 69.0 cm³/mol. The first kappa shape index (κ1) is 12.5. The zero-order valence-corrected chi connectivity index (χ0v) is 10.2. The molecule has 0 aliphatic rings. The van der Waals surface area contributed by atoms with Gasteiger partial charge in [0.15, 0.2) is 0 Å². The van der Waals surface area contributed by atoms with Crippen molar-refractivity contribution >= 4 is 17.6 Å². The van der Waals surface area contributed by atoms with Crippen LogP contribution < -0.4 is 5.73 Å². The van der Waals surface area contributed by atoms with E-state index in [0.29, 0.717) is 11.3 Å². The summed E-state index contributed by atoms with van der Waals surface area (Å²) in [7, 11) is 0. The Bertz CT molecular complexity index is 559. The number of hydrogen-bond acceptors (Lipinski definition) is 4. The summed E-state index contributed by atoms with van der Waals surface area (Å²) in [6, 6.07) is 4.85. The third-order valence-electron chi connectivity index (χ3n) is 2.28. The van der Waals surface area contributed by atoms with Gasteiger partial charge < -0.3 is 5.73 Å². The Morgan fingerprint density at radius 1 is 1.39 bits per heavy atom. The second-order valence-corrected chi connectivity index (χ2v) is 4.52. The molecule has 0 spiro atoms. The van der Waals surface area contributed by atoms with Crippen LogP contribution in [0.2, 0.25) is 0 Å². The van der Waals surface area contributed by atoms with E-state index in [1.54, 1.807) is 30.7 Å². The summed E-state index contributed by atoms with van der Waals surface area (Å²) in [5, 5.41) is 8.00. The van der Waals surface area contributed by atoms with Crippen LogP contribution in [0.15, 0.2) is 41.8 Å². The fourth-order valence-electron chi connectivity index (χ4n) is 1.41. The summed E-state index contributed by atoms with van der Waals surface area (Å²) < 4.78 is 14.0. The van der Waals surface area contributed by atoms with Crippen molar-refractivity contribution in [3.05, 3.63) is 53.7 Å². The molecule has 1 heterocycles. The number of nitrogens with zero attached hydrogens (tertiary/aromatic N) is 2. The highest BCUT2D eigenvalue weighted by Gasteiger charge is 2.10. The Hall–Kier alpha value is -1.95. The number of thioether (sulfide) groups is 1. The lowest BCUT2D eigenvalue weighted by atomic mass is 10.1. The first-order chi connectivity index (χ1) is 8.68. The van der Waals surface area contributed by atoms with E-state index in [9.17, 15) is 4.39 Å². The van der Waals surface area contributed by atoms with Crippen molar-refractivity contribution in [2.45, 2.75) is 10.8 Å². The highest BCUT2D eigenvalue weighted by atomic mass is 32.2. The Labute approximate surface area is 108 Å². The molecule has 6 heteroatoms. The maximum absolute atomic E-state index is 14.0. The zero-order valence-electron chi connectivity index (χ0n) is 9.43. The van der Waals surface area contributed by atoms with Gasteiger partial charge in [0.05, 0.1) is 11.8 Å². The molecule has 1 aromatic carbocycles. The maximum Gasteiger partial charge on any atom is 0.138 e. The minimum atomic E-state index is -0.443. The second kappa shape index (κ2) is 5.59. The Morgan fingerprint density at radius 2 is 2.22 bits per heavy atom. The summed E-state index contributed by atoms with van der Waals surface area (Å²) in [6.07, 6.45) is 4.79. The van der Waals surface area contributed by atoms with Gasteiger partial charge in [-0.2, -0.15) is 0 Å². The van der Waals surface area contributed by atoms with Crippen LogP contribution in [0, 0.1) is 11.2 Å². The van der Waals surface area contributed by atoms with Crippen molar-refractivity contribution < 1.29 is 4.39 Å². The molecule has 18 heavy (non-hydrogen) atoms. The van der Waals surface area contributed by atoms with E-state index in [1.807, 2.05) is 0 Å². The number of hydrogen-bond donors (Lipinski definition) is 2. The molecule has 2 rings (SSSR count). The van der Waals surface area contributed by atoms with Crippen LogP contribution in [0.5, 0.6) is 0 Å². The predicted octanol–water partition coefficient (Wildman–Crippen LogP) is 2.19. The Morgan fingerprint density at radius 3 is 2.89 bits per heavy atom. The molecule has 0 unspecified atom stereocenters. The quantitative estimate of drug-likeness (QED) is 0.503. The number of aromatic nitrogens is 2. The molecule has 4 nitrogen and oxygen atoms in total. The molecule has 3 N–H and O–H groups in total. The summed E-state index contributed by atoms with van der Waals surface area (Å²) in [4.78, 5) is 8.03. The molecule has 0 saturated carbocycles. The van der Waals surface area contributed by atoms with Crippen LogP contribution in [0.25, 0.3) is 0 Å². The summed E-state index contributed by atoms with van der Waals surface area (Å²) in [5.41, 5.74) is 5.94. The lowest BCUT2D eigenvalue weighted by Crippen LogP contribution is -2.14. The van der Waals surface area contributed by atoms with Crippen LogP contribution in [0.3, 0.4) is 0 Å². The normalized spacial score (nSPS) is 10.3. The van der Waals surface area contributed by atoms with Crippen molar-refractivity contribution in [2.24, 2.45) is 5.73 Å². The van der Waals surface area contributed by atoms with Crippen LogP contribution in [-0.2, 0) is 5.75 Å². The highest BCUT2D eigenvalue weighted by molar-refractivity contribution is 7.98. The minimum absolute atomic E-state index is 0.132. The van der Waals surface area contributed by atoms with Crippen molar-refractivity contribution in [1.29, 1.82) is 5.41 Å². The lowest BCUT2D eigenvalue weighted by molar-refractivity contribution is 0.614. The van der Waals surface area contributed by atoms with Crippen molar-refractivity contribution in [1.82, 2.24) is 9.97 Å². The number of nitrogens with two attached hydrogens (primary N) is 1. The van der Waals surface area contributed by atoms with Crippen LogP contribution >= 0.6 is 11.8 Å². The van der Waals surface area contributed by atoms with Gasteiger partial charge >= 0.3 is 0 Å². The number of nitrogen functional groups attached to an aromatic ring is 1. The monoisotopic (exact) mass is 262 g/mol. The van der Waals surface area contributed by atoms with Gasteiger partial charge in [0.2, 0.25) is 0 Å². The van der Waals surface area contributed by atoms with E-state index >= 15 is 0 Å². The molecule has 0 radical (unpaired) electrons. The number of halogens is 1. The summed E-state index contributed by atoms with van der Waals surface area (Å²) >= 11 is 1.38. The molecule has 0 fully saturated rings. The van der Waals surface area contributed by atoms with Crippen LogP contribution in [0.4, 0.5) is 4.39 Å². The molecule has 0 amide bonds. The van der Waals surface area contributed by atoms with Gasteiger partial charge in [0, 0.05) is 18.1 Å². The second-order valence-electron chi connectivity index (χ2n) is 3.52. The van der Waals surface area contributed by atoms with Gasteiger partial charge in [-0.1, -0.05) is 23.9 Å². The zero-order chi connectivity index (χ0) is 13.0. The van der Waals surface area contributed by atoms with Crippen LogP contribution in [-0.4, -0.2) is 15.8 Å². The van der Waals surface area contributed by atoms with Gasteiger partial charge in [0.1, 0.15) is 16.7 Å². The molecule has 1 aromatic heterocycles. The van der Waals surface area contributed by atoms with E-state index < -0.39 is 5.82 Å². The van der Waals surface area contributed by atoms with E-state index in [1.165, 1.54) is 17.8 Å². The van der Waals surface area contributed by atoms with Gasteiger partial charge in [-0.15, -0.1) is 0 Å². The molecule has 0 saturated heterocycles. The molecular weight excluding hydrogens is 251 g/mol. The third-order valence-corrected chi connectivity index (χ3v) is 3.25. The number of amidine groups is 1. The van der Waals surface area contributed by atoms with E-state index in [-0.39, 0.29) is 11.4 Å². The maximum atomic E-state index is 14.0. The van der Waals surface area contributed by atoms with E-state index in [4.69, 9.17) is 11.1 Å².